The van der Waals surface area contributed by atoms with Gasteiger partial charge in [-0.05, 0) is 24.2 Å². The third-order valence-corrected chi connectivity index (χ3v) is 4.15. The van der Waals surface area contributed by atoms with Gasteiger partial charge in [-0.15, -0.1) is 0 Å². The molecule has 1 aliphatic heterocycles. The van der Waals surface area contributed by atoms with Crippen LogP contribution in [0, 0.1) is 11.3 Å². The Morgan fingerprint density at radius 2 is 1.76 bits per heavy atom. The fraction of sp³-hybridized carbons (Fsp3) is 1.00. The number of ether oxygens (including phenoxy) is 1. The van der Waals surface area contributed by atoms with Crippen LogP contribution in [-0.2, 0) is 4.74 Å². The summed E-state index contributed by atoms with van der Waals surface area (Å²) >= 11 is 0. The van der Waals surface area contributed by atoms with Gasteiger partial charge in [0.15, 0.2) is 0 Å². The molecule has 0 aromatic carbocycles. The highest BCUT2D eigenvalue weighted by atomic mass is 16.5. The Hall–Kier alpha value is -0.120. The lowest BCUT2D eigenvalue weighted by Gasteiger charge is -2.38. The first kappa shape index (κ1) is 13.3. The smallest absolute Gasteiger partial charge is 0.120 e. The maximum atomic E-state index is 5.95. The van der Waals surface area contributed by atoms with Crippen LogP contribution in [0.2, 0.25) is 0 Å². The molecule has 0 aromatic heterocycles. The summed E-state index contributed by atoms with van der Waals surface area (Å²) in [5.74, 6) is 0.817. The van der Waals surface area contributed by atoms with E-state index in [4.69, 9.17) is 4.74 Å². The Kier molecular flexibility index (Phi) is 4.45. The van der Waals surface area contributed by atoms with E-state index in [1.807, 2.05) is 0 Å². The predicted molar refractivity (Wildman–Crippen MR) is 70.9 cm³/mol. The first-order valence-corrected chi connectivity index (χ1v) is 7.14. The molecule has 1 saturated heterocycles. The molecule has 0 spiro atoms. The van der Waals surface area contributed by atoms with Gasteiger partial charge in [-0.3, -0.25) is 5.32 Å². The average molecular weight is 240 g/mol. The second-order valence-electron chi connectivity index (χ2n) is 6.71. The predicted octanol–water partition coefficient (Wildman–Crippen LogP) is 2.13. The number of nitrogens with one attached hydrogen (secondary N) is 2. The van der Waals surface area contributed by atoms with Crippen molar-refractivity contribution in [2.24, 2.45) is 11.3 Å². The zero-order chi connectivity index (χ0) is 12.3. The standard InChI is InChI=1S/C14H28N2O/c1-14(2,3)12-8-16-13(9-15-12)17-10-11-6-4-5-7-11/h11-13,15-16H,4-10H2,1-3H3. The minimum absolute atomic E-state index is 0.217. The summed E-state index contributed by atoms with van der Waals surface area (Å²) in [5.41, 5.74) is 0.323. The van der Waals surface area contributed by atoms with Crippen molar-refractivity contribution in [1.82, 2.24) is 10.6 Å². The number of piperazine rings is 1. The van der Waals surface area contributed by atoms with Gasteiger partial charge in [0.25, 0.3) is 0 Å². The van der Waals surface area contributed by atoms with E-state index < -0.39 is 0 Å². The lowest BCUT2D eigenvalue weighted by atomic mass is 9.86. The van der Waals surface area contributed by atoms with E-state index in [-0.39, 0.29) is 6.23 Å². The summed E-state index contributed by atoms with van der Waals surface area (Å²) in [6.07, 6.45) is 5.75. The van der Waals surface area contributed by atoms with Gasteiger partial charge in [0.05, 0.1) is 6.61 Å². The lowest BCUT2D eigenvalue weighted by molar-refractivity contribution is -0.0113. The lowest BCUT2D eigenvalue weighted by Crippen LogP contribution is -2.59. The summed E-state index contributed by atoms with van der Waals surface area (Å²) in [7, 11) is 0. The van der Waals surface area contributed by atoms with Crippen LogP contribution < -0.4 is 10.6 Å². The van der Waals surface area contributed by atoms with Gasteiger partial charge in [-0.25, -0.2) is 0 Å². The molecule has 3 heteroatoms. The summed E-state index contributed by atoms with van der Waals surface area (Å²) in [6.45, 7) is 9.75. The molecule has 3 nitrogen and oxygen atoms in total. The van der Waals surface area contributed by atoms with E-state index in [0.717, 1.165) is 25.6 Å². The molecule has 0 bridgehead atoms. The van der Waals surface area contributed by atoms with Gasteiger partial charge in [0.1, 0.15) is 6.23 Å². The van der Waals surface area contributed by atoms with E-state index in [2.05, 4.69) is 31.4 Å². The van der Waals surface area contributed by atoms with E-state index in [9.17, 15) is 0 Å². The first-order chi connectivity index (χ1) is 8.05. The van der Waals surface area contributed by atoms with Crippen molar-refractivity contribution in [1.29, 1.82) is 0 Å². The molecule has 1 heterocycles. The molecule has 100 valence electrons. The van der Waals surface area contributed by atoms with Crippen LogP contribution in [0.3, 0.4) is 0 Å². The fourth-order valence-corrected chi connectivity index (χ4v) is 2.80. The van der Waals surface area contributed by atoms with Crippen LogP contribution in [0.5, 0.6) is 0 Å². The molecule has 2 aliphatic rings. The molecule has 2 unspecified atom stereocenters. The van der Waals surface area contributed by atoms with Gasteiger partial charge in [0.2, 0.25) is 0 Å². The van der Waals surface area contributed by atoms with Crippen molar-refractivity contribution in [3.63, 3.8) is 0 Å². The molecule has 17 heavy (non-hydrogen) atoms. The van der Waals surface area contributed by atoms with Crippen LogP contribution in [0.4, 0.5) is 0 Å². The summed E-state index contributed by atoms with van der Waals surface area (Å²) in [5, 5.41) is 7.11. The molecular formula is C14H28N2O. The van der Waals surface area contributed by atoms with Crippen LogP contribution in [0.15, 0.2) is 0 Å². The van der Waals surface area contributed by atoms with Gasteiger partial charge in [-0.1, -0.05) is 33.6 Å². The van der Waals surface area contributed by atoms with Crippen LogP contribution in [0.1, 0.15) is 46.5 Å². The average Bonchev–Trinajstić information content (AvgIpc) is 2.78. The molecule has 0 amide bonds. The van der Waals surface area contributed by atoms with Gasteiger partial charge >= 0.3 is 0 Å². The van der Waals surface area contributed by atoms with Gasteiger partial charge < -0.3 is 10.1 Å². The van der Waals surface area contributed by atoms with Gasteiger partial charge in [-0.2, -0.15) is 0 Å². The molecule has 2 N–H and O–H groups in total. The molecular weight excluding hydrogens is 212 g/mol. The third-order valence-electron chi connectivity index (χ3n) is 4.15. The zero-order valence-electron chi connectivity index (χ0n) is 11.6. The van der Waals surface area contributed by atoms with Crippen molar-refractivity contribution >= 4 is 0 Å². The molecule has 1 saturated carbocycles. The van der Waals surface area contributed by atoms with Crippen molar-refractivity contribution in [2.45, 2.75) is 58.7 Å². The molecule has 2 atom stereocenters. The second kappa shape index (κ2) is 5.68. The maximum absolute atomic E-state index is 5.95. The highest BCUT2D eigenvalue weighted by Crippen LogP contribution is 2.25. The minimum Gasteiger partial charge on any atom is -0.362 e. The quantitative estimate of drug-likeness (QED) is 0.793. The van der Waals surface area contributed by atoms with E-state index in [1.165, 1.54) is 25.7 Å². The molecule has 1 aliphatic carbocycles. The topological polar surface area (TPSA) is 33.3 Å². The largest absolute Gasteiger partial charge is 0.362 e. The first-order valence-electron chi connectivity index (χ1n) is 7.14. The van der Waals surface area contributed by atoms with E-state index in [0.29, 0.717) is 11.5 Å². The van der Waals surface area contributed by atoms with Crippen LogP contribution >= 0.6 is 0 Å². The Balaban J connectivity index is 1.65. The van der Waals surface area contributed by atoms with Crippen LogP contribution in [0.25, 0.3) is 0 Å². The number of hydrogen-bond donors (Lipinski definition) is 2. The summed E-state index contributed by atoms with van der Waals surface area (Å²) in [4.78, 5) is 0. The summed E-state index contributed by atoms with van der Waals surface area (Å²) in [6, 6.07) is 0.550. The summed E-state index contributed by atoms with van der Waals surface area (Å²) < 4.78 is 5.95. The minimum atomic E-state index is 0.217. The maximum Gasteiger partial charge on any atom is 0.120 e. The second-order valence-corrected chi connectivity index (χ2v) is 6.71. The van der Waals surface area contributed by atoms with Crippen molar-refractivity contribution in [3.05, 3.63) is 0 Å². The van der Waals surface area contributed by atoms with Crippen LogP contribution in [-0.4, -0.2) is 32.0 Å². The van der Waals surface area contributed by atoms with Gasteiger partial charge in [0, 0.05) is 19.1 Å². The molecule has 2 fully saturated rings. The van der Waals surface area contributed by atoms with E-state index >= 15 is 0 Å². The van der Waals surface area contributed by atoms with Crippen molar-refractivity contribution < 1.29 is 4.74 Å². The SMILES string of the molecule is CC(C)(C)C1CNC(OCC2CCCC2)CN1. The third kappa shape index (κ3) is 3.94. The Morgan fingerprint density at radius 1 is 1.06 bits per heavy atom. The highest BCUT2D eigenvalue weighted by Gasteiger charge is 2.29. The fourth-order valence-electron chi connectivity index (χ4n) is 2.80. The highest BCUT2D eigenvalue weighted by molar-refractivity contribution is 4.87. The van der Waals surface area contributed by atoms with E-state index in [1.54, 1.807) is 0 Å². The normalized spacial score (nSPS) is 31.9. The Bertz CT molecular complexity index is 223. The van der Waals surface area contributed by atoms with Crippen molar-refractivity contribution in [2.75, 3.05) is 19.7 Å². The molecule has 2 rings (SSSR count). The zero-order valence-corrected chi connectivity index (χ0v) is 11.6. The number of hydrogen-bond acceptors (Lipinski definition) is 3. The monoisotopic (exact) mass is 240 g/mol. The Labute approximate surface area is 106 Å². The number of rotatable bonds is 3. The molecule has 0 aromatic rings. The molecule has 0 radical (unpaired) electrons. The van der Waals surface area contributed by atoms with Crippen molar-refractivity contribution in [3.8, 4) is 0 Å². The Morgan fingerprint density at radius 3 is 2.29 bits per heavy atom.